The van der Waals surface area contributed by atoms with Crippen molar-refractivity contribution >= 4 is 49.2 Å². The van der Waals surface area contributed by atoms with Crippen molar-refractivity contribution in [1.82, 2.24) is 45.1 Å². The number of carbonyl (C=O) groups excluding carboxylic acids is 1. The summed E-state index contributed by atoms with van der Waals surface area (Å²) in [5.41, 5.74) is 1.72. The Kier molecular flexibility index (Phi) is 9.24. The molecule has 17 nitrogen and oxygen atoms in total. The van der Waals surface area contributed by atoms with Crippen molar-refractivity contribution in [3.05, 3.63) is 59.4 Å². The van der Waals surface area contributed by atoms with Crippen LogP contribution < -0.4 is 19.5 Å². The van der Waals surface area contributed by atoms with Gasteiger partial charge in [0.15, 0.2) is 0 Å². The van der Waals surface area contributed by atoms with E-state index in [1.807, 2.05) is 6.92 Å². The van der Waals surface area contributed by atoms with Crippen LogP contribution in [-0.4, -0.2) is 92.7 Å². The number of likely N-dealkylation sites (tertiary alicyclic amines) is 1. The Bertz CT molecular complexity index is 2200. The van der Waals surface area contributed by atoms with Crippen molar-refractivity contribution in [3.8, 4) is 16.6 Å². The average molecular weight is 768 g/mol. The summed E-state index contributed by atoms with van der Waals surface area (Å²) in [5, 5.41) is 2.98. The molecule has 2 aliphatic carbocycles. The normalized spacial score (nSPS) is 24.5. The topological polar surface area (TPSA) is 224 Å². The van der Waals surface area contributed by atoms with Gasteiger partial charge < -0.3 is 15.0 Å². The molecule has 3 N–H and O–H groups in total. The van der Waals surface area contributed by atoms with E-state index in [4.69, 9.17) is 4.74 Å². The zero-order chi connectivity index (χ0) is 36.0. The van der Waals surface area contributed by atoms with Crippen LogP contribution in [0.15, 0.2) is 43.1 Å². The molecule has 6 heterocycles. The molecule has 5 unspecified atom stereocenters. The second-order valence-electron chi connectivity index (χ2n) is 13.4. The number of carbonyl (C=O) groups is 1. The van der Waals surface area contributed by atoms with Gasteiger partial charge in [-0.15, -0.1) is 11.3 Å². The van der Waals surface area contributed by atoms with Gasteiger partial charge in [-0.2, -0.15) is 0 Å². The Morgan fingerprint density at radius 2 is 1.69 bits per heavy atom. The van der Waals surface area contributed by atoms with Gasteiger partial charge in [0.1, 0.15) is 15.6 Å². The van der Waals surface area contributed by atoms with Gasteiger partial charge in [-0.3, -0.25) is 19.2 Å². The lowest BCUT2D eigenvalue weighted by Crippen LogP contribution is -2.30. The third-order valence-corrected chi connectivity index (χ3v) is 14.4. The first kappa shape index (κ1) is 34.7. The minimum atomic E-state index is -3.79. The molecule has 2 saturated heterocycles. The van der Waals surface area contributed by atoms with Gasteiger partial charge in [-0.05, 0) is 76.0 Å². The minimum Gasteiger partial charge on any atom is -0.477 e. The molecule has 52 heavy (non-hydrogen) atoms. The number of thiazole rings is 1. The maximum atomic E-state index is 13.7. The standard InChI is InChI=1S/C32H37N11O6S3/c1-2-49-28-17-33-15-24(38-28)29-37-16-26(50-29)30(44)43-11-3-4-25(43)22-8-10-35-32(40-22)42-52(47,48)27-13-20(27)18-12-23(36-14-18)21-7-9-34-31(39-21)41-51(45,46)19-5-6-19/h7-10,15-20,23,25,27,36H,2-6,11-14H2,1H3,(H,34,39,41)(H,35,40,42). The van der Waals surface area contributed by atoms with E-state index in [0.717, 1.165) is 6.42 Å². The lowest BCUT2D eigenvalue weighted by atomic mass is 9.99. The fourth-order valence-corrected chi connectivity index (χ4v) is 10.8. The highest BCUT2D eigenvalue weighted by molar-refractivity contribution is 7.93. The zero-order valence-corrected chi connectivity index (χ0v) is 30.6. The van der Waals surface area contributed by atoms with Crippen LogP contribution in [-0.2, 0) is 20.0 Å². The summed E-state index contributed by atoms with van der Waals surface area (Å²) in [6.07, 6.45) is 11.5. The van der Waals surface area contributed by atoms with Gasteiger partial charge in [0.05, 0.1) is 59.2 Å². The summed E-state index contributed by atoms with van der Waals surface area (Å²) in [5.74, 6) is 0.235. The smallest absolute Gasteiger partial charge is 0.266 e. The number of sulfonamides is 2. The summed E-state index contributed by atoms with van der Waals surface area (Å²) >= 11 is 1.22. The Labute approximate surface area is 304 Å². The van der Waals surface area contributed by atoms with Gasteiger partial charge >= 0.3 is 0 Å². The highest BCUT2D eigenvalue weighted by atomic mass is 32.2. The largest absolute Gasteiger partial charge is 0.477 e. The van der Waals surface area contributed by atoms with Gasteiger partial charge in [0.25, 0.3) is 5.91 Å². The summed E-state index contributed by atoms with van der Waals surface area (Å²) in [6, 6.07) is 2.95. The molecule has 8 rings (SSSR count). The molecule has 274 valence electrons. The lowest BCUT2D eigenvalue weighted by molar-refractivity contribution is 0.0737. The molecule has 0 radical (unpaired) electrons. The fraction of sp³-hybridized carbons (Fsp3) is 0.500. The van der Waals surface area contributed by atoms with E-state index in [-0.39, 0.29) is 47.0 Å². The summed E-state index contributed by atoms with van der Waals surface area (Å²) in [4.78, 5) is 46.1. The number of amides is 1. The summed E-state index contributed by atoms with van der Waals surface area (Å²) in [6.45, 7) is 3.44. The van der Waals surface area contributed by atoms with E-state index < -0.39 is 25.3 Å². The Balaban J connectivity index is 0.890. The number of hydrogen-bond donors (Lipinski definition) is 3. The molecule has 0 spiro atoms. The molecule has 1 amide bonds. The number of anilines is 2. The first-order valence-corrected chi connectivity index (χ1v) is 21.1. The SMILES string of the molecule is CCOc1cncc(-c2ncc(C(=O)N3CCCC3c3ccnc(NS(=O)(=O)C4CC4C4CNC(c5ccnc(NS(=O)(=O)C6CC6)n5)C4)n3)s2)n1. The second kappa shape index (κ2) is 13.9. The highest BCUT2D eigenvalue weighted by Crippen LogP contribution is 2.48. The maximum absolute atomic E-state index is 13.7. The van der Waals surface area contributed by atoms with Crippen molar-refractivity contribution < 1.29 is 26.4 Å². The quantitative estimate of drug-likeness (QED) is 0.178. The van der Waals surface area contributed by atoms with Crippen molar-refractivity contribution in [2.24, 2.45) is 11.8 Å². The predicted octanol–water partition coefficient (Wildman–Crippen LogP) is 2.94. The van der Waals surface area contributed by atoms with Gasteiger partial charge in [0, 0.05) is 18.9 Å². The summed E-state index contributed by atoms with van der Waals surface area (Å²) < 4.78 is 62.2. The molecule has 2 saturated carbocycles. The van der Waals surface area contributed by atoms with E-state index in [0.29, 0.717) is 84.6 Å². The third kappa shape index (κ3) is 7.28. The molecule has 2 aliphatic heterocycles. The number of nitrogens with zero attached hydrogens (tertiary/aromatic N) is 8. The van der Waals surface area contributed by atoms with Gasteiger partial charge in [0.2, 0.25) is 37.8 Å². The Hall–Kier alpha value is -4.40. The molecule has 4 aromatic heterocycles. The molecular weight excluding hydrogens is 731 g/mol. The van der Waals surface area contributed by atoms with Crippen LogP contribution in [0.3, 0.4) is 0 Å². The van der Waals surface area contributed by atoms with Crippen LogP contribution in [0.1, 0.15) is 78.6 Å². The molecule has 20 heteroatoms. The zero-order valence-electron chi connectivity index (χ0n) is 28.1. The van der Waals surface area contributed by atoms with Crippen molar-refractivity contribution in [1.29, 1.82) is 0 Å². The van der Waals surface area contributed by atoms with E-state index in [1.54, 1.807) is 23.2 Å². The molecule has 5 atom stereocenters. The van der Waals surface area contributed by atoms with Crippen molar-refractivity contribution in [2.75, 3.05) is 29.1 Å². The summed E-state index contributed by atoms with van der Waals surface area (Å²) in [7, 11) is -7.28. The number of rotatable bonds is 13. The maximum Gasteiger partial charge on any atom is 0.266 e. The molecule has 4 aromatic rings. The van der Waals surface area contributed by atoms with E-state index in [2.05, 4.69) is 49.6 Å². The number of hydrogen-bond acceptors (Lipinski definition) is 15. The van der Waals surface area contributed by atoms with Crippen molar-refractivity contribution in [2.45, 2.75) is 68.0 Å². The molecule has 0 aromatic carbocycles. The van der Waals surface area contributed by atoms with Gasteiger partial charge in [-0.25, -0.2) is 46.7 Å². The first-order valence-electron chi connectivity index (χ1n) is 17.2. The minimum absolute atomic E-state index is 0.0279. The van der Waals surface area contributed by atoms with Crippen LogP contribution in [0, 0.1) is 11.8 Å². The molecule has 4 aliphatic rings. The monoisotopic (exact) mass is 767 g/mol. The van der Waals surface area contributed by atoms with Crippen LogP contribution >= 0.6 is 11.3 Å². The van der Waals surface area contributed by atoms with Crippen LogP contribution in [0.4, 0.5) is 11.9 Å². The Morgan fingerprint density at radius 3 is 2.46 bits per heavy atom. The lowest BCUT2D eigenvalue weighted by Gasteiger charge is -2.23. The second-order valence-corrected chi connectivity index (χ2v) is 18.3. The predicted molar refractivity (Wildman–Crippen MR) is 190 cm³/mol. The molecule has 4 fully saturated rings. The highest BCUT2D eigenvalue weighted by Gasteiger charge is 2.53. The van der Waals surface area contributed by atoms with Crippen LogP contribution in [0.5, 0.6) is 5.88 Å². The van der Waals surface area contributed by atoms with Crippen LogP contribution in [0.25, 0.3) is 10.7 Å². The van der Waals surface area contributed by atoms with E-state index in [9.17, 15) is 21.6 Å². The van der Waals surface area contributed by atoms with Crippen LogP contribution in [0.2, 0.25) is 0 Å². The van der Waals surface area contributed by atoms with E-state index in [1.165, 1.54) is 36.1 Å². The number of aromatic nitrogens is 7. The third-order valence-electron chi connectivity index (χ3n) is 9.78. The molecule has 0 bridgehead atoms. The Morgan fingerprint density at radius 1 is 0.942 bits per heavy atom. The van der Waals surface area contributed by atoms with Crippen molar-refractivity contribution in [3.63, 3.8) is 0 Å². The van der Waals surface area contributed by atoms with E-state index >= 15 is 0 Å². The average Bonchev–Trinajstić information content (AvgIpc) is 3.97. The number of nitrogens with one attached hydrogen (secondary N) is 3. The fourth-order valence-electron chi connectivity index (χ4n) is 6.99. The molecular formula is C32H37N11O6S3. The van der Waals surface area contributed by atoms with Gasteiger partial charge in [-0.1, -0.05) is 0 Å². The number of ether oxygens (including phenoxy) is 1. The first-order chi connectivity index (χ1) is 25.1.